The number of piperidine rings is 1. The number of thiazole rings is 1. The van der Waals surface area contributed by atoms with Gasteiger partial charge in [0.25, 0.3) is 5.91 Å². The van der Waals surface area contributed by atoms with Crippen molar-refractivity contribution in [2.24, 2.45) is 5.92 Å². The van der Waals surface area contributed by atoms with Crippen molar-refractivity contribution >= 4 is 43.2 Å². The fraction of sp³-hybridized carbons (Fsp3) is 0.625. The van der Waals surface area contributed by atoms with Gasteiger partial charge in [-0.15, -0.1) is 11.3 Å². The summed E-state index contributed by atoms with van der Waals surface area (Å²) in [5.41, 5.74) is 0. The lowest BCUT2D eigenvalue weighted by atomic mass is 9.80. The molecule has 25 heavy (non-hydrogen) atoms. The summed E-state index contributed by atoms with van der Waals surface area (Å²) in [5, 5.41) is 3.84. The van der Waals surface area contributed by atoms with E-state index in [-0.39, 0.29) is 11.9 Å². The molecule has 1 saturated carbocycles. The number of ether oxygens (including phenoxy) is 1. The Kier molecular flexibility index (Phi) is 3.72. The molecule has 2 aromatic heterocycles. The molecule has 2 aromatic rings. The third-order valence-corrected chi connectivity index (χ3v) is 7.42. The number of nitrogens with one attached hydrogen (secondary N) is 1. The van der Waals surface area contributed by atoms with Gasteiger partial charge in [0.15, 0.2) is 5.13 Å². The minimum Gasteiger partial charge on any atom is -0.371 e. The number of nitrogens with zero attached hydrogens (tertiary/aromatic N) is 2. The zero-order chi connectivity index (χ0) is 17.1. The van der Waals surface area contributed by atoms with Crippen molar-refractivity contribution in [2.75, 3.05) is 18.0 Å². The second-order valence-corrected chi connectivity index (χ2v) is 9.07. The molecule has 4 fully saturated rings. The van der Waals surface area contributed by atoms with Crippen molar-refractivity contribution in [2.45, 2.75) is 43.9 Å². The first-order chi connectivity index (χ1) is 12.0. The van der Waals surface area contributed by atoms with Crippen LogP contribution in [0, 0.1) is 5.92 Å². The van der Waals surface area contributed by atoms with E-state index in [1.54, 1.807) is 11.3 Å². The molecule has 6 rings (SSSR count). The normalized spacial score (nSPS) is 31.1. The van der Waals surface area contributed by atoms with E-state index in [0.29, 0.717) is 29.9 Å². The van der Waals surface area contributed by atoms with Crippen LogP contribution in [0.1, 0.15) is 28.9 Å². The van der Waals surface area contributed by atoms with Crippen molar-refractivity contribution in [1.82, 2.24) is 10.3 Å². The number of hydrogen-bond acceptors (Lipinski definition) is 6. The Morgan fingerprint density at radius 2 is 2.00 bits per heavy atom. The molecular formula is C16H17F2N3O2S2. The Labute approximate surface area is 151 Å². The monoisotopic (exact) mass is 385 g/mol. The summed E-state index contributed by atoms with van der Waals surface area (Å²) in [5.74, 6) is -0.747. The second-order valence-electron chi connectivity index (χ2n) is 7.03. The summed E-state index contributed by atoms with van der Waals surface area (Å²) in [7, 11) is 0. The number of fused-ring (bicyclic) bond motifs is 3. The van der Waals surface area contributed by atoms with E-state index in [1.165, 1.54) is 11.3 Å². The molecule has 5 heterocycles. The number of amides is 1. The van der Waals surface area contributed by atoms with Gasteiger partial charge in [0.05, 0.1) is 21.8 Å². The number of aromatic nitrogens is 1. The maximum absolute atomic E-state index is 12.5. The smallest absolute Gasteiger partial charge is 0.261 e. The van der Waals surface area contributed by atoms with E-state index in [1.807, 2.05) is 6.07 Å². The Hall–Kier alpha value is -1.32. The van der Waals surface area contributed by atoms with Gasteiger partial charge >= 0.3 is 0 Å². The Morgan fingerprint density at radius 1 is 1.28 bits per heavy atom. The van der Waals surface area contributed by atoms with Gasteiger partial charge in [0, 0.05) is 31.5 Å². The van der Waals surface area contributed by atoms with Crippen LogP contribution in [0.25, 0.3) is 9.53 Å². The van der Waals surface area contributed by atoms with Crippen molar-refractivity contribution in [3.05, 3.63) is 10.9 Å². The fourth-order valence-corrected chi connectivity index (χ4v) is 5.86. The van der Waals surface area contributed by atoms with Crippen molar-refractivity contribution < 1.29 is 18.3 Å². The molecule has 1 aliphatic carbocycles. The minimum atomic E-state index is -2.28. The molecule has 3 aliphatic heterocycles. The van der Waals surface area contributed by atoms with Crippen LogP contribution in [0.15, 0.2) is 6.07 Å². The molecule has 0 aromatic carbocycles. The third-order valence-electron chi connectivity index (χ3n) is 5.20. The van der Waals surface area contributed by atoms with Crippen molar-refractivity contribution in [3.8, 4) is 0 Å². The first-order valence-electron chi connectivity index (χ1n) is 8.45. The van der Waals surface area contributed by atoms with Gasteiger partial charge in [0.1, 0.15) is 4.83 Å². The minimum absolute atomic E-state index is 0.129. The van der Waals surface area contributed by atoms with Crippen LogP contribution in [-0.4, -0.2) is 48.7 Å². The first-order valence-corrected chi connectivity index (χ1v) is 10.1. The Morgan fingerprint density at radius 3 is 2.64 bits per heavy atom. The van der Waals surface area contributed by atoms with Crippen LogP contribution in [0.2, 0.25) is 0 Å². The predicted octanol–water partition coefficient (Wildman–Crippen LogP) is 3.11. The van der Waals surface area contributed by atoms with Crippen molar-refractivity contribution in [3.63, 3.8) is 0 Å². The molecule has 134 valence electrons. The van der Waals surface area contributed by atoms with Crippen LogP contribution >= 0.6 is 22.7 Å². The van der Waals surface area contributed by atoms with Gasteiger partial charge < -0.3 is 15.0 Å². The zero-order valence-electron chi connectivity index (χ0n) is 13.3. The van der Waals surface area contributed by atoms with Crippen LogP contribution in [0.3, 0.4) is 0 Å². The van der Waals surface area contributed by atoms with E-state index in [0.717, 1.165) is 34.2 Å². The summed E-state index contributed by atoms with van der Waals surface area (Å²) in [6.07, 6.45) is 0.265. The van der Waals surface area contributed by atoms with E-state index in [4.69, 9.17) is 4.74 Å². The highest BCUT2D eigenvalue weighted by molar-refractivity contribution is 7.29. The SMILES string of the molecule is O=C(NC1CC(C(F)F)C1)c1cc2sc(N3CC4CC(C3)O4)nc2s1. The standard InChI is InChI=1S/C16H17F2N3O2S2/c17-13(18)7-1-8(2-7)19-14(22)11-4-12-15(24-11)20-16(25-12)21-5-9-3-10(6-21)23-9/h4,7-10,13H,1-3,5-6H2,(H,19,22). The van der Waals surface area contributed by atoms with E-state index in [2.05, 4.69) is 15.2 Å². The summed E-state index contributed by atoms with van der Waals surface area (Å²) >= 11 is 2.97. The zero-order valence-corrected chi connectivity index (χ0v) is 14.9. The van der Waals surface area contributed by atoms with E-state index >= 15 is 0 Å². The van der Waals surface area contributed by atoms with E-state index < -0.39 is 12.3 Å². The largest absolute Gasteiger partial charge is 0.371 e. The quantitative estimate of drug-likeness (QED) is 0.879. The molecular weight excluding hydrogens is 368 g/mol. The van der Waals surface area contributed by atoms with Gasteiger partial charge in [-0.3, -0.25) is 4.79 Å². The number of thiophene rings is 1. The van der Waals surface area contributed by atoms with Crippen LogP contribution < -0.4 is 10.2 Å². The maximum Gasteiger partial charge on any atom is 0.261 e. The number of carbonyl (C=O) groups is 1. The lowest BCUT2D eigenvalue weighted by Gasteiger charge is -2.46. The summed E-state index contributed by atoms with van der Waals surface area (Å²) in [6.45, 7) is 1.77. The molecule has 5 nitrogen and oxygen atoms in total. The maximum atomic E-state index is 12.5. The second kappa shape index (κ2) is 5.85. The summed E-state index contributed by atoms with van der Waals surface area (Å²) < 4.78 is 31.7. The number of morpholine rings is 1. The summed E-state index contributed by atoms with van der Waals surface area (Å²) in [6, 6.07) is 1.73. The van der Waals surface area contributed by atoms with Crippen LogP contribution in [-0.2, 0) is 4.74 Å². The van der Waals surface area contributed by atoms with Gasteiger partial charge in [0.2, 0.25) is 6.43 Å². The lowest BCUT2D eigenvalue weighted by Crippen LogP contribution is -2.57. The molecule has 1 N–H and O–H groups in total. The molecule has 0 spiro atoms. The molecule has 3 saturated heterocycles. The number of hydrogen-bond donors (Lipinski definition) is 1. The Bertz CT molecular complexity index is 770. The highest BCUT2D eigenvalue weighted by Crippen LogP contribution is 2.38. The molecule has 2 bridgehead atoms. The number of halogens is 2. The lowest BCUT2D eigenvalue weighted by molar-refractivity contribution is -0.133. The van der Waals surface area contributed by atoms with Gasteiger partial charge in [-0.25, -0.2) is 13.8 Å². The topological polar surface area (TPSA) is 54.5 Å². The molecule has 2 atom stereocenters. The molecule has 9 heteroatoms. The van der Waals surface area contributed by atoms with Crippen LogP contribution in [0.5, 0.6) is 0 Å². The average Bonchev–Trinajstić information content (AvgIpc) is 3.08. The number of anilines is 1. The van der Waals surface area contributed by atoms with Crippen LogP contribution in [0.4, 0.5) is 13.9 Å². The highest BCUT2D eigenvalue weighted by atomic mass is 32.1. The van der Waals surface area contributed by atoms with Crippen molar-refractivity contribution in [1.29, 1.82) is 0 Å². The summed E-state index contributed by atoms with van der Waals surface area (Å²) in [4.78, 5) is 20.7. The predicted molar refractivity (Wildman–Crippen MR) is 93.0 cm³/mol. The number of carbonyl (C=O) groups excluding carboxylic acids is 1. The average molecular weight is 385 g/mol. The fourth-order valence-electron chi connectivity index (χ4n) is 3.72. The molecule has 2 unspecified atom stereocenters. The molecule has 1 amide bonds. The van der Waals surface area contributed by atoms with Gasteiger partial charge in [-0.05, 0) is 18.9 Å². The third kappa shape index (κ3) is 2.82. The van der Waals surface area contributed by atoms with E-state index in [9.17, 15) is 13.6 Å². The first kappa shape index (κ1) is 15.9. The molecule has 4 aliphatic rings. The van der Waals surface area contributed by atoms with Gasteiger partial charge in [-0.2, -0.15) is 0 Å². The number of alkyl halides is 2. The van der Waals surface area contributed by atoms with Gasteiger partial charge in [-0.1, -0.05) is 11.3 Å². The molecule has 0 radical (unpaired) electrons. The Balaban J connectivity index is 1.24. The highest BCUT2D eigenvalue weighted by Gasteiger charge is 2.39. The number of rotatable bonds is 4.